The SMILES string of the molecule is NC(=O)NC(=O)COC(=O)c1ccccc1Nc1ccc(F)cc1. The number of carbonyl (C=O) groups is 3. The second-order valence-corrected chi connectivity index (χ2v) is 4.67. The maximum atomic E-state index is 12.9. The average molecular weight is 331 g/mol. The van der Waals surface area contributed by atoms with Gasteiger partial charge in [0, 0.05) is 5.69 Å². The Morgan fingerprint density at radius 1 is 1.04 bits per heavy atom. The molecule has 0 bridgehead atoms. The highest BCUT2D eigenvalue weighted by molar-refractivity contribution is 5.99. The van der Waals surface area contributed by atoms with Gasteiger partial charge in [0.2, 0.25) is 0 Å². The van der Waals surface area contributed by atoms with Crippen LogP contribution in [0.25, 0.3) is 0 Å². The maximum Gasteiger partial charge on any atom is 0.340 e. The number of benzene rings is 2. The molecule has 4 N–H and O–H groups in total. The average Bonchev–Trinajstić information content (AvgIpc) is 2.54. The summed E-state index contributed by atoms with van der Waals surface area (Å²) in [6.07, 6.45) is 0. The third-order valence-electron chi connectivity index (χ3n) is 2.87. The molecule has 0 aliphatic rings. The Hall–Kier alpha value is -3.42. The molecule has 0 radical (unpaired) electrons. The number of rotatable bonds is 5. The van der Waals surface area contributed by atoms with E-state index in [0.29, 0.717) is 11.4 Å². The van der Waals surface area contributed by atoms with Crippen LogP contribution < -0.4 is 16.4 Å². The molecule has 0 saturated heterocycles. The maximum absolute atomic E-state index is 12.9. The summed E-state index contributed by atoms with van der Waals surface area (Å²) >= 11 is 0. The highest BCUT2D eigenvalue weighted by Gasteiger charge is 2.15. The Labute approximate surface area is 136 Å². The van der Waals surface area contributed by atoms with Crippen LogP contribution in [0, 0.1) is 5.82 Å². The molecule has 0 aliphatic heterocycles. The van der Waals surface area contributed by atoms with Gasteiger partial charge in [0.25, 0.3) is 5.91 Å². The molecule has 7 nitrogen and oxygen atoms in total. The van der Waals surface area contributed by atoms with E-state index in [-0.39, 0.29) is 11.4 Å². The summed E-state index contributed by atoms with van der Waals surface area (Å²) in [7, 11) is 0. The zero-order valence-electron chi connectivity index (χ0n) is 12.4. The van der Waals surface area contributed by atoms with Crippen LogP contribution >= 0.6 is 0 Å². The monoisotopic (exact) mass is 331 g/mol. The summed E-state index contributed by atoms with van der Waals surface area (Å²) in [6, 6.07) is 11.0. The van der Waals surface area contributed by atoms with Gasteiger partial charge in [-0.05, 0) is 36.4 Å². The summed E-state index contributed by atoms with van der Waals surface area (Å²) in [5.74, 6) is -1.98. The predicted octanol–water partition coefficient (Wildman–Crippen LogP) is 1.92. The van der Waals surface area contributed by atoms with Gasteiger partial charge in [-0.15, -0.1) is 0 Å². The van der Waals surface area contributed by atoms with Gasteiger partial charge in [-0.3, -0.25) is 10.1 Å². The molecule has 2 aromatic carbocycles. The number of nitrogens with one attached hydrogen (secondary N) is 2. The Balaban J connectivity index is 2.07. The van der Waals surface area contributed by atoms with E-state index in [1.165, 1.54) is 30.3 Å². The molecule has 0 spiro atoms. The lowest BCUT2D eigenvalue weighted by molar-refractivity contribution is -0.123. The second-order valence-electron chi connectivity index (χ2n) is 4.67. The van der Waals surface area contributed by atoms with Crippen LogP contribution in [0.3, 0.4) is 0 Å². The smallest absolute Gasteiger partial charge is 0.340 e. The number of amides is 3. The second kappa shape index (κ2) is 7.73. The van der Waals surface area contributed by atoms with E-state index in [0.717, 1.165) is 0 Å². The minimum absolute atomic E-state index is 0.175. The van der Waals surface area contributed by atoms with E-state index in [4.69, 9.17) is 10.5 Å². The van der Waals surface area contributed by atoms with Crippen LogP contribution in [0.4, 0.5) is 20.6 Å². The van der Waals surface area contributed by atoms with Gasteiger partial charge < -0.3 is 15.8 Å². The fourth-order valence-corrected chi connectivity index (χ4v) is 1.84. The van der Waals surface area contributed by atoms with E-state index in [1.54, 1.807) is 23.5 Å². The zero-order chi connectivity index (χ0) is 17.5. The first kappa shape index (κ1) is 16.9. The minimum atomic E-state index is -1.03. The van der Waals surface area contributed by atoms with Gasteiger partial charge in [-0.1, -0.05) is 12.1 Å². The Morgan fingerprint density at radius 2 is 1.71 bits per heavy atom. The molecule has 8 heteroatoms. The van der Waals surface area contributed by atoms with Gasteiger partial charge in [0.1, 0.15) is 5.82 Å². The number of primary amides is 1. The molecule has 2 aromatic rings. The molecule has 124 valence electrons. The van der Waals surface area contributed by atoms with Crippen LogP contribution in [-0.4, -0.2) is 24.5 Å². The van der Waals surface area contributed by atoms with Crippen LogP contribution in [0.5, 0.6) is 0 Å². The molecule has 0 unspecified atom stereocenters. The molecular formula is C16H14FN3O4. The summed E-state index contributed by atoms with van der Waals surface area (Å²) in [4.78, 5) is 33.9. The summed E-state index contributed by atoms with van der Waals surface area (Å²) < 4.78 is 17.8. The number of nitrogens with two attached hydrogens (primary N) is 1. The van der Waals surface area contributed by atoms with E-state index in [9.17, 15) is 18.8 Å². The van der Waals surface area contributed by atoms with Crippen LogP contribution in [0.2, 0.25) is 0 Å². The Bertz CT molecular complexity index is 762. The molecule has 0 saturated carbocycles. The number of hydrogen-bond acceptors (Lipinski definition) is 5. The normalized spacial score (nSPS) is 9.88. The van der Waals surface area contributed by atoms with Gasteiger partial charge >= 0.3 is 12.0 Å². The van der Waals surface area contributed by atoms with Crippen LogP contribution in [-0.2, 0) is 9.53 Å². The van der Waals surface area contributed by atoms with Gasteiger partial charge in [0.05, 0.1) is 11.3 Å². The van der Waals surface area contributed by atoms with Crippen molar-refractivity contribution < 1.29 is 23.5 Å². The van der Waals surface area contributed by atoms with Crippen molar-refractivity contribution in [1.29, 1.82) is 0 Å². The lowest BCUT2D eigenvalue weighted by Crippen LogP contribution is -2.37. The highest BCUT2D eigenvalue weighted by atomic mass is 19.1. The van der Waals surface area contributed by atoms with Crippen molar-refractivity contribution in [3.63, 3.8) is 0 Å². The number of hydrogen-bond donors (Lipinski definition) is 3. The van der Waals surface area contributed by atoms with Gasteiger partial charge in [-0.2, -0.15) is 0 Å². The Kier molecular flexibility index (Phi) is 5.45. The lowest BCUT2D eigenvalue weighted by atomic mass is 10.1. The van der Waals surface area contributed by atoms with Crippen LogP contribution in [0.15, 0.2) is 48.5 Å². The first-order valence-corrected chi connectivity index (χ1v) is 6.84. The number of urea groups is 1. The number of carbonyl (C=O) groups excluding carboxylic acids is 3. The number of ether oxygens (including phenoxy) is 1. The number of para-hydroxylation sites is 1. The van der Waals surface area contributed by atoms with E-state index >= 15 is 0 Å². The predicted molar refractivity (Wildman–Crippen MR) is 84.1 cm³/mol. The number of anilines is 2. The lowest BCUT2D eigenvalue weighted by Gasteiger charge is -2.11. The van der Waals surface area contributed by atoms with Crippen molar-refractivity contribution in [2.45, 2.75) is 0 Å². The third kappa shape index (κ3) is 4.80. The van der Waals surface area contributed by atoms with E-state index < -0.39 is 24.5 Å². The molecule has 0 fully saturated rings. The molecule has 0 heterocycles. The summed E-state index contributed by atoms with van der Waals surface area (Å²) in [5, 5.41) is 4.74. The molecule has 0 aromatic heterocycles. The highest BCUT2D eigenvalue weighted by Crippen LogP contribution is 2.21. The first-order valence-electron chi connectivity index (χ1n) is 6.84. The molecule has 24 heavy (non-hydrogen) atoms. The molecule has 3 amide bonds. The van der Waals surface area contributed by atoms with Crippen LogP contribution in [0.1, 0.15) is 10.4 Å². The topological polar surface area (TPSA) is 111 Å². The quantitative estimate of drug-likeness (QED) is 0.725. The minimum Gasteiger partial charge on any atom is -0.452 e. The zero-order valence-corrected chi connectivity index (χ0v) is 12.4. The molecule has 0 atom stereocenters. The Morgan fingerprint density at radius 3 is 2.38 bits per heavy atom. The molecular weight excluding hydrogens is 317 g/mol. The number of esters is 1. The summed E-state index contributed by atoms with van der Waals surface area (Å²) in [6.45, 7) is -0.646. The van der Waals surface area contributed by atoms with Crippen molar-refractivity contribution in [1.82, 2.24) is 5.32 Å². The van der Waals surface area contributed by atoms with Gasteiger partial charge in [0.15, 0.2) is 6.61 Å². The number of imide groups is 1. The largest absolute Gasteiger partial charge is 0.452 e. The number of halogens is 1. The fraction of sp³-hybridized carbons (Fsp3) is 0.0625. The third-order valence-corrected chi connectivity index (χ3v) is 2.87. The summed E-state index contributed by atoms with van der Waals surface area (Å²) in [5.41, 5.74) is 5.95. The van der Waals surface area contributed by atoms with E-state index in [1.807, 2.05) is 0 Å². The van der Waals surface area contributed by atoms with Crippen molar-refractivity contribution in [3.8, 4) is 0 Å². The standard InChI is InChI=1S/C16H14FN3O4/c17-10-5-7-11(8-6-10)19-13-4-2-1-3-12(13)15(22)24-9-14(21)20-16(18)23/h1-8,19H,9H2,(H3,18,20,21,23). The van der Waals surface area contributed by atoms with Crippen molar-refractivity contribution in [2.75, 3.05) is 11.9 Å². The van der Waals surface area contributed by atoms with Gasteiger partial charge in [-0.25, -0.2) is 14.0 Å². The molecule has 0 aliphatic carbocycles. The van der Waals surface area contributed by atoms with Crippen molar-refractivity contribution in [3.05, 3.63) is 59.9 Å². The van der Waals surface area contributed by atoms with E-state index in [2.05, 4.69) is 5.32 Å². The van der Waals surface area contributed by atoms with Crippen molar-refractivity contribution >= 4 is 29.3 Å². The molecule has 2 rings (SSSR count). The first-order chi connectivity index (χ1) is 11.5. The van der Waals surface area contributed by atoms with Crippen molar-refractivity contribution in [2.24, 2.45) is 5.73 Å². The fourth-order valence-electron chi connectivity index (χ4n) is 1.84.